The lowest BCUT2D eigenvalue weighted by Crippen LogP contribution is -2.54. The van der Waals surface area contributed by atoms with Gasteiger partial charge >= 0.3 is 0 Å². The molecular weight excluding hydrogens is 314 g/mol. The smallest absolute Gasteiger partial charge is 0.227 e. The zero-order chi connectivity index (χ0) is 16.4. The molecular formula is C16H23N3O3S. The Balaban J connectivity index is 1.54. The Morgan fingerprint density at radius 1 is 1.22 bits per heavy atom. The van der Waals surface area contributed by atoms with E-state index in [1.165, 1.54) is 0 Å². The van der Waals surface area contributed by atoms with E-state index in [1.54, 1.807) is 23.2 Å². The van der Waals surface area contributed by atoms with Crippen LogP contribution in [0.25, 0.3) is 0 Å². The molecule has 23 heavy (non-hydrogen) atoms. The monoisotopic (exact) mass is 337 g/mol. The van der Waals surface area contributed by atoms with Crippen LogP contribution in [0.1, 0.15) is 11.8 Å². The third kappa shape index (κ3) is 3.73. The summed E-state index contributed by atoms with van der Waals surface area (Å²) in [7, 11) is 0. The number of carbonyl (C=O) groups excluding carboxylic acids is 2. The molecule has 6 nitrogen and oxygen atoms in total. The standard InChI is InChI=1S/C16H23N3O3S/c1-12(20)17-4-6-18(7-5-17)14-10-19(11-15(14)21)16(22)9-13-3-2-8-23-13/h2-3,8,14-15,21H,4-7,9-11H2,1H3/t14-,15-/m1/s1. The van der Waals surface area contributed by atoms with Gasteiger partial charge in [0.05, 0.1) is 18.6 Å². The summed E-state index contributed by atoms with van der Waals surface area (Å²) in [6.07, 6.45) is -0.0963. The zero-order valence-electron chi connectivity index (χ0n) is 13.4. The number of hydrogen-bond donors (Lipinski definition) is 1. The number of nitrogens with zero attached hydrogens (tertiary/aromatic N) is 3. The van der Waals surface area contributed by atoms with E-state index in [-0.39, 0.29) is 17.9 Å². The van der Waals surface area contributed by atoms with E-state index in [2.05, 4.69) is 4.90 Å². The van der Waals surface area contributed by atoms with Gasteiger partial charge in [0.2, 0.25) is 11.8 Å². The van der Waals surface area contributed by atoms with Crippen molar-refractivity contribution in [3.05, 3.63) is 22.4 Å². The van der Waals surface area contributed by atoms with Crippen molar-refractivity contribution in [2.45, 2.75) is 25.5 Å². The van der Waals surface area contributed by atoms with Crippen LogP contribution >= 0.6 is 11.3 Å². The van der Waals surface area contributed by atoms with Gasteiger partial charge in [-0.2, -0.15) is 0 Å². The zero-order valence-corrected chi connectivity index (χ0v) is 14.2. The summed E-state index contributed by atoms with van der Waals surface area (Å²) in [5, 5.41) is 12.3. The van der Waals surface area contributed by atoms with Crippen molar-refractivity contribution in [2.24, 2.45) is 0 Å². The van der Waals surface area contributed by atoms with Crippen molar-refractivity contribution in [3.8, 4) is 0 Å². The molecule has 0 radical (unpaired) electrons. The van der Waals surface area contributed by atoms with Crippen molar-refractivity contribution < 1.29 is 14.7 Å². The molecule has 2 aliphatic rings. The first kappa shape index (κ1) is 16.4. The Bertz CT molecular complexity index is 555. The number of hydrogen-bond acceptors (Lipinski definition) is 5. The average Bonchev–Trinajstić information content (AvgIpc) is 3.17. The Hall–Kier alpha value is -1.44. The van der Waals surface area contributed by atoms with Crippen LogP contribution in [0.15, 0.2) is 17.5 Å². The van der Waals surface area contributed by atoms with Gasteiger partial charge in [-0.25, -0.2) is 0 Å². The maximum absolute atomic E-state index is 12.4. The fraction of sp³-hybridized carbons (Fsp3) is 0.625. The molecule has 2 saturated heterocycles. The first-order valence-corrected chi connectivity index (χ1v) is 8.90. The summed E-state index contributed by atoms with van der Waals surface area (Å²) in [6, 6.07) is 3.90. The van der Waals surface area contributed by atoms with Crippen LogP contribution in [0.4, 0.5) is 0 Å². The quantitative estimate of drug-likeness (QED) is 0.845. The molecule has 1 aromatic rings. The third-order valence-electron chi connectivity index (χ3n) is 4.75. The van der Waals surface area contributed by atoms with Gasteiger partial charge in [0, 0.05) is 51.1 Å². The summed E-state index contributed by atoms with van der Waals surface area (Å²) in [6.45, 7) is 5.48. The summed E-state index contributed by atoms with van der Waals surface area (Å²) >= 11 is 1.58. The molecule has 1 N–H and O–H groups in total. The second-order valence-corrected chi connectivity index (χ2v) is 7.26. The molecule has 0 unspecified atom stereocenters. The van der Waals surface area contributed by atoms with Gasteiger partial charge in [0.25, 0.3) is 0 Å². The molecule has 3 heterocycles. The second kappa shape index (κ2) is 6.98. The highest BCUT2D eigenvalue weighted by atomic mass is 32.1. The van der Waals surface area contributed by atoms with Crippen LogP contribution in [-0.4, -0.2) is 83.0 Å². The van der Waals surface area contributed by atoms with Crippen LogP contribution in [0.2, 0.25) is 0 Å². The summed E-state index contributed by atoms with van der Waals surface area (Å²) < 4.78 is 0. The first-order chi connectivity index (χ1) is 11.0. The number of amides is 2. The van der Waals surface area contributed by atoms with Crippen LogP contribution < -0.4 is 0 Å². The molecule has 0 spiro atoms. The van der Waals surface area contributed by atoms with Crippen LogP contribution in [0.5, 0.6) is 0 Å². The highest BCUT2D eigenvalue weighted by molar-refractivity contribution is 7.10. The van der Waals surface area contributed by atoms with E-state index < -0.39 is 6.10 Å². The number of likely N-dealkylation sites (tertiary alicyclic amines) is 1. The Morgan fingerprint density at radius 2 is 1.96 bits per heavy atom. The van der Waals surface area contributed by atoms with Crippen molar-refractivity contribution in [2.75, 3.05) is 39.3 Å². The number of thiophene rings is 1. The normalized spacial score (nSPS) is 25.8. The number of aliphatic hydroxyl groups is 1. The fourth-order valence-electron chi connectivity index (χ4n) is 3.37. The molecule has 2 aliphatic heterocycles. The summed E-state index contributed by atoms with van der Waals surface area (Å²) in [5.74, 6) is 0.181. The molecule has 0 aromatic carbocycles. The molecule has 7 heteroatoms. The van der Waals surface area contributed by atoms with Crippen LogP contribution in [0.3, 0.4) is 0 Å². The minimum absolute atomic E-state index is 0.0172. The highest BCUT2D eigenvalue weighted by Gasteiger charge is 2.38. The molecule has 0 saturated carbocycles. The molecule has 2 fully saturated rings. The molecule has 2 atom stereocenters. The maximum atomic E-state index is 12.4. The summed E-state index contributed by atoms with van der Waals surface area (Å²) in [5.41, 5.74) is 0. The molecule has 1 aromatic heterocycles. The first-order valence-electron chi connectivity index (χ1n) is 8.02. The van der Waals surface area contributed by atoms with Crippen molar-refractivity contribution in [3.63, 3.8) is 0 Å². The number of piperazine rings is 1. The van der Waals surface area contributed by atoms with Crippen molar-refractivity contribution >= 4 is 23.2 Å². The van der Waals surface area contributed by atoms with Crippen molar-refractivity contribution in [1.29, 1.82) is 0 Å². The van der Waals surface area contributed by atoms with Crippen LogP contribution in [-0.2, 0) is 16.0 Å². The van der Waals surface area contributed by atoms with Gasteiger partial charge in [-0.3, -0.25) is 14.5 Å². The van der Waals surface area contributed by atoms with Gasteiger partial charge in [0.1, 0.15) is 0 Å². The molecule has 3 rings (SSSR count). The van der Waals surface area contributed by atoms with Crippen LogP contribution in [0, 0.1) is 0 Å². The van der Waals surface area contributed by atoms with E-state index in [4.69, 9.17) is 0 Å². The van der Waals surface area contributed by atoms with E-state index in [1.807, 2.05) is 22.4 Å². The van der Waals surface area contributed by atoms with Gasteiger partial charge in [-0.05, 0) is 11.4 Å². The highest BCUT2D eigenvalue weighted by Crippen LogP contribution is 2.20. The van der Waals surface area contributed by atoms with E-state index >= 15 is 0 Å². The van der Waals surface area contributed by atoms with E-state index in [9.17, 15) is 14.7 Å². The number of β-amino-alcohol motifs (C(OH)–C–C–N with tert-alkyl or cyclic N) is 1. The number of aliphatic hydroxyl groups excluding tert-OH is 1. The lowest BCUT2D eigenvalue weighted by molar-refractivity contribution is -0.131. The Morgan fingerprint density at radius 3 is 2.57 bits per heavy atom. The molecule has 0 bridgehead atoms. The average molecular weight is 337 g/mol. The third-order valence-corrected chi connectivity index (χ3v) is 5.62. The molecule has 126 valence electrons. The lowest BCUT2D eigenvalue weighted by Gasteiger charge is -2.38. The van der Waals surface area contributed by atoms with E-state index in [0.717, 1.165) is 18.0 Å². The number of rotatable bonds is 3. The topological polar surface area (TPSA) is 64.1 Å². The predicted molar refractivity (Wildman–Crippen MR) is 88.2 cm³/mol. The number of carbonyl (C=O) groups is 2. The lowest BCUT2D eigenvalue weighted by atomic mass is 10.1. The van der Waals surface area contributed by atoms with E-state index in [0.29, 0.717) is 32.6 Å². The molecule has 0 aliphatic carbocycles. The SMILES string of the molecule is CC(=O)N1CCN([C@@H]2CN(C(=O)Cc3cccs3)C[C@H]2O)CC1. The Kier molecular flexibility index (Phi) is 4.99. The summed E-state index contributed by atoms with van der Waals surface area (Å²) in [4.78, 5) is 30.6. The minimum Gasteiger partial charge on any atom is -0.390 e. The predicted octanol–water partition coefficient (Wildman–Crippen LogP) is 0.0264. The Labute approximate surface area is 140 Å². The van der Waals surface area contributed by atoms with Gasteiger partial charge in [-0.1, -0.05) is 6.07 Å². The fourth-order valence-corrected chi connectivity index (χ4v) is 4.07. The van der Waals surface area contributed by atoms with Gasteiger partial charge < -0.3 is 14.9 Å². The molecule has 2 amide bonds. The largest absolute Gasteiger partial charge is 0.390 e. The van der Waals surface area contributed by atoms with Crippen molar-refractivity contribution in [1.82, 2.24) is 14.7 Å². The van der Waals surface area contributed by atoms with Gasteiger partial charge in [0.15, 0.2) is 0 Å². The maximum Gasteiger partial charge on any atom is 0.227 e. The van der Waals surface area contributed by atoms with Gasteiger partial charge in [-0.15, -0.1) is 11.3 Å². The minimum atomic E-state index is -0.508. The second-order valence-electron chi connectivity index (χ2n) is 6.23.